The summed E-state index contributed by atoms with van der Waals surface area (Å²) in [5.74, 6) is 0.332. The zero-order valence-electron chi connectivity index (χ0n) is 8.04. The lowest BCUT2D eigenvalue weighted by Crippen LogP contribution is -2.46. The summed E-state index contributed by atoms with van der Waals surface area (Å²) in [4.78, 5) is 0. The van der Waals surface area contributed by atoms with Crippen LogP contribution in [0.4, 0.5) is 0 Å². The molecule has 0 radical (unpaired) electrons. The minimum Gasteiger partial charge on any atom is -0.389 e. The van der Waals surface area contributed by atoms with Crippen LogP contribution >= 0.6 is 0 Å². The van der Waals surface area contributed by atoms with E-state index in [1.807, 2.05) is 0 Å². The normalized spacial score (nSPS) is 46.6. The van der Waals surface area contributed by atoms with E-state index >= 15 is 0 Å². The maximum Gasteiger partial charge on any atom is 0.0713 e. The number of rotatable bonds is 1. The molecule has 0 spiro atoms. The Morgan fingerprint density at radius 1 is 1.38 bits per heavy atom. The third-order valence-electron chi connectivity index (χ3n) is 3.49. The molecule has 3 N–H and O–H groups in total. The van der Waals surface area contributed by atoms with Crippen molar-refractivity contribution in [3.05, 3.63) is 0 Å². The van der Waals surface area contributed by atoms with E-state index in [4.69, 9.17) is 10.5 Å². The van der Waals surface area contributed by atoms with Crippen molar-refractivity contribution in [2.75, 3.05) is 13.2 Å². The molecule has 2 aliphatic rings. The number of aliphatic hydroxyl groups is 1. The predicted octanol–water partition coefficient (Wildman–Crippen LogP) is 0.655. The van der Waals surface area contributed by atoms with Crippen LogP contribution in [0.3, 0.4) is 0 Å². The highest BCUT2D eigenvalue weighted by atomic mass is 16.5. The molecule has 76 valence electrons. The van der Waals surface area contributed by atoms with Crippen molar-refractivity contribution in [1.82, 2.24) is 0 Å². The SMILES string of the molecule is NC1CCCC(O)(C2CCOC2)C1. The van der Waals surface area contributed by atoms with Gasteiger partial charge in [-0.2, -0.15) is 0 Å². The molecule has 3 heteroatoms. The van der Waals surface area contributed by atoms with Crippen LogP contribution in [-0.2, 0) is 4.74 Å². The summed E-state index contributed by atoms with van der Waals surface area (Å²) in [6.07, 6.45) is 4.81. The number of hydrogen-bond acceptors (Lipinski definition) is 3. The first-order valence-electron chi connectivity index (χ1n) is 5.26. The molecule has 3 atom stereocenters. The highest BCUT2D eigenvalue weighted by molar-refractivity contribution is 4.94. The maximum atomic E-state index is 10.4. The van der Waals surface area contributed by atoms with Crippen molar-refractivity contribution in [3.8, 4) is 0 Å². The van der Waals surface area contributed by atoms with Gasteiger partial charge in [0.1, 0.15) is 0 Å². The number of nitrogens with two attached hydrogens (primary N) is 1. The molecule has 3 nitrogen and oxygen atoms in total. The van der Waals surface area contributed by atoms with Gasteiger partial charge in [-0.1, -0.05) is 0 Å². The third kappa shape index (κ3) is 1.87. The van der Waals surface area contributed by atoms with Crippen molar-refractivity contribution in [3.63, 3.8) is 0 Å². The Kier molecular flexibility index (Phi) is 2.58. The Hall–Kier alpha value is -0.120. The van der Waals surface area contributed by atoms with Gasteiger partial charge in [0.05, 0.1) is 12.2 Å². The van der Waals surface area contributed by atoms with Crippen molar-refractivity contribution in [1.29, 1.82) is 0 Å². The minimum absolute atomic E-state index is 0.194. The second-order valence-electron chi connectivity index (χ2n) is 4.52. The summed E-state index contributed by atoms with van der Waals surface area (Å²) in [7, 11) is 0. The largest absolute Gasteiger partial charge is 0.389 e. The molecular formula is C10H19NO2. The molecule has 1 heterocycles. The molecule has 2 rings (SSSR count). The predicted molar refractivity (Wildman–Crippen MR) is 50.3 cm³/mol. The van der Waals surface area contributed by atoms with E-state index in [-0.39, 0.29) is 6.04 Å². The Balaban J connectivity index is 2.00. The summed E-state index contributed by atoms with van der Waals surface area (Å²) in [5.41, 5.74) is 5.36. The molecule has 0 aromatic heterocycles. The van der Waals surface area contributed by atoms with Gasteiger partial charge in [0.25, 0.3) is 0 Å². The monoisotopic (exact) mass is 185 g/mol. The molecular weight excluding hydrogens is 166 g/mol. The molecule has 1 saturated heterocycles. The van der Waals surface area contributed by atoms with Gasteiger partial charge in [-0.05, 0) is 32.1 Å². The van der Waals surface area contributed by atoms with Crippen molar-refractivity contribution in [2.45, 2.75) is 43.7 Å². The van der Waals surface area contributed by atoms with E-state index in [0.29, 0.717) is 5.92 Å². The molecule has 3 unspecified atom stereocenters. The Morgan fingerprint density at radius 3 is 2.85 bits per heavy atom. The van der Waals surface area contributed by atoms with Crippen LogP contribution in [0, 0.1) is 5.92 Å². The number of hydrogen-bond donors (Lipinski definition) is 2. The highest BCUT2D eigenvalue weighted by Gasteiger charge is 2.41. The maximum absolute atomic E-state index is 10.4. The highest BCUT2D eigenvalue weighted by Crippen LogP contribution is 2.37. The first-order chi connectivity index (χ1) is 6.21. The van der Waals surface area contributed by atoms with Crippen LogP contribution in [0.25, 0.3) is 0 Å². The standard InChI is InChI=1S/C10H19NO2/c11-9-2-1-4-10(12,6-9)8-3-5-13-7-8/h8-9,12H,1-7,11H2. The second kappa shape index (κ2) is 3.56. The van der Waals surface area contributed by atoms with Gasteiger partial charge in [-0.3, -0.25) is 0 Å². The molecule has 0 amide bonds. The molecule has 1 aliphatic carbocycles. The number of ether oxygens (including phenoxy) is 1. The summed E-state index contributed by atoms with van der Waals surface area (Å²) in [6, 6.07) is 0.194. The summed E-state index contributed by atoms with van der Waals surface area (Å²) < 4.78 is 5.31. The summed E-state index contributed by atoms with van der Waals surface area (Å²) in [6.45, 7) is 1.53. The molecule has 0 bridgehead atoms. The Labute approximate surface area is 79.3 Å². The molecule has 1 aliphatic heterocycles. The van der Waals surface area contributed by atoms with Crippen LogP contribution in [-0.4, -0.2) is 30.0 Å². The van der Waals surface area contributed by atoms with Crippen LogP contribution < -0.4 is 5.73 Å². The first kappa shape index (κ1) is 9.44. The van der Waals surface area contributed by atoms with E-state index < -0.39 is 5.60 Å². The van der Waals surface area contributed by atoms with Gasteiger partial charge in [-0.25, -0.2) is 0 Å². The van der Waals surface area contributed by atoms with E-state index in [0.717, 1.165) is 45.3 Å². The zero-order valence-corrected chi connectivity index (χ0v) is 8.04. The van der Waals surface area contributed by atoms with Crippen LogP contribution in [0.5, 0.6) is 0 Å². The van der Waals surface area contributed by atoms with Crippen molar-refractivity contribution in [2.24, 2.45) is 11.7 Å². The fourth-order valence-corrected chi connectivity index (χ4v) is 2.66. The van der Waals surface area contributed by atoms with Crippen molar-refractivity contribution >= 4 is 0 Å². The average Bonchev–Trinajstić information content (AvgIpc) is 2.55. The fourth-order valence-electron chi connectivity index (χ4n) is 2.66. The van der Waals surface area contributed by atoms with Gasteiger partial charge in [0.15, 0.2) is 0 Å². The lowest BCUT2D eigenvalue weighted by molar-refractivity contribution is -0.0556. The Bertz CT molecular complexity index is 180. The molecule has 0 aromatic carbocycles. The molecule has 2 fully saturated rings. The zero-order chi connectivity index (χ0) is 9.31. The minimum atomic E-state index is -0.520. The van der Waals surface area contributed by atoms with Crippen LogP contribution in [0.15, 0.2) is 0 Å². The third-order valence-corrected chi connectivity index (χ3v) is 3.49. The fraction of sp³-hybridized carbons (Fsp3) is 1.00. The first-order valence-corrected chi connectivity index (χ1v) is 5.26. The van der Waals surface area contributed by atoms with E-state index in [1.165, 1.54) is 0 Å². The molecule has 1 saturated carbocycles. The van der Waals surface area contributed by atoms with Crippen LogP contribution in [0.2, 0.25) is 0 Å². The quantitative estimate of drug-likeness (QED) is 0.631. The topological polar surface area (TPSA) is 55.5 Å². The van der Waals surface area contributed by atoms with E-state index in [9.17, 15) is 5.11 Å². The average molecular weight is 185 g/mol. The van der Waals surface area contributed by atoms with Gasteiger partial charge in [0.2, 0.25) is 0 Å². The van der Waals surface area contributed by atoms with Gasteiger partial charge in [0, 0.05) is 18.6 Å². The Morgan fingerprint density at radius 2 is 2.23 bits per heavy atom. The van der Waals surface area contributed by atoms with E-state index in [1.54, 1.807) is 0 Å². The second-order valence-corrected chi connectivity index (χ2v) is 4.52. The van der Waals surface area contributed by atoms with Crippen molar-refractivity contribution < 1.29 is 9.84 Å². The smallest absolute Gasteiger partial charge is 0.0713 e. The summed E-state index contributed by atoms with van der Waals surface area (Å²) in [5, 5.41) is 10.4. The van der Waals surface area contributed by atoms with Gasteiger partial charge < -0.3 is 15.6 Å². The molecule has 0 aromatic rings. The van der Waals surface area contributed by atoms with Crippen LogP contribution in [0.1, 0.15) is 32.1 Å². The molecule has 13 heavy (non-hydrogen) atoms. The summed E-state index contributed by atoms with van der Waals surface area (Å²) >= 11 is 0. The lowest BCUT2D eigenvalue weighted by Gasteiger charge is -2.39. The van der Waals surface area contributed by atoms with E-state index in [2.05, 4.69) is 0 Å². The van der Waals surface area contributed by atoms with Gasteiger partial charge in [-0.15, -0.1) is 0 Å². The lowest BCUT2D eigenvalue weighted by atomic mass is 9.74. The van der Waals surface area contributed by atoms with Gasteiger partial charge >= 0.3 is 0 Å².